The topological polar surface area (TPSA) is 114 Å². The zero-order valence-corrected chi connectivity index (χ0v) is 41.4. The third-order valence-electron chi connectivity index (χ3n) is 11.2. The number of rotatable bonds is 34. The molecule has 0 N–H and O–H groups in total. The minimum absolute atomic E-state index is 0.529. The quantitative estimate of drug-likeness (QED) is 0.0511. The molecule has 0 unspecified atom stereocenters. The highest BCUT2D eigenvalue weighted by Gasteiger charge is 2.24. The van der Waals surface area contributed by atoms with Gasteiger partial charge >= 0.3 is 0 Å². The molecule has 2 rings (SSSR count). The number of carbonyl (C=O) groups excluding carboxylic acids is 2. The number of benzene rings is 2. The van der Waals surface area contributed by atoms with Crippen LogP contribution in [0.25, 0.3) is 0 Å². The van der Waals surface area contributed by atoms with E-state index >= 15 is 0 Å². The molecule has 0 aromatic heterocycles. The van der Waals surface area contributed by atoms with Crippen molar-refractivity contribution in [2.45, 2.75) is 203 Å². The molecule has 2 aromatic rings. The Kier molecular flexibility index (Phi) is 34.1. The first-order valence-electron chi connectivity index (χ1n) is 24.4. The minimum Gasteiger partial charge on any atom is -0.545 e. The summed E-state index contributed by atoms with van der Waals surface area (Å²) in [4.78, 5) is 21.0. The lowest BCUT2D eigenvalue weighted by atomic mass is 10.0. The summed E-state index contributed by atoms with van der Waals surface area (Å²) in [6.45, 7) is 7.25. The molecule has 0 aliphatic heterocycles. The highest BCUT2D eigenvalue weighted by atomic mass is 32.2. The Bertz CT molecular complexity index is 1390. The van der Waals surface area contributed by atoms with E-state index in [1.807, 2.05) is 0 Å². The zero-order valence-electron chi connectivity index (χ0n) is 40.6. The Morgan fingerprint density at radius 1 is 0.393 bits per heavy atom. The number of unbranched alkanes of at least 4 members (excludes halogenated alkanes) is 26. The van der Waals surface area contributed by atoms with Gasteiger partial charge in [-0.1, -0.05) is 204 Å². The maximum atomic E-state index is 12.5. The first kappa shape index (κ1) is 58.2. The molecule has 0 saturated heterocycles. The third-order valence-corrected chi connectivity index (χ3v) is 13.0. The number of hydrogen-bond acceptors (Lipinski definition) is 6. The molecule has 0 radical (unpaired) electrons. The SMILES string of the molecule is CCCCCCCCCCCCCCCC[N+](C)(C)C.CCCCCCCCCCCCCCCC[N+](C)(C)C.O=C([O-])c1ccccc1S(=O)(=O)c1ccccc1C(=O)[O-]. The van der Waals surface area contributed by atoms with E-state index in [4.69, 9.17) is 0 Å². The first-order chi connectivity index (χ1) is 29.0. The number of hydrogen-bond donors (Lipinski definition) is 0. The number of quaternary nitrogens is 2. The van der Waals surface area contributed by atoms with Gasteiger partial charge in [0.25, 0.3) is 0 Å². The molecule has 0 atom stereocenters. The van der Waals surface area contributed by atoms with Crippen molar-refractivity contribution in [1.82, 2.24) is 0 Å². The predicted octanol–water partition coefficient (Wildman–Crippen LogP) is 11.6. The maximum Gasteiger partial charge on any atom is 0.207 e. The van der Waals surface area contributed by atoms with Gasteiger partial charge in [0.05, 0.1) is 77.1 Å². The molecule has 61 heavy (non-hydrogen) atoms. The van der Waals surface area contributed by atoms with Crippen LogP contribution in [0.4, 0.5) is 0 Å². The van der Waals surface area contributed by atoms with Gasteiger partial charge in [-0.3, -0.25) is 0 Å². The summed E-state index contributed by atoms with van der Waals surface area (Å²) >= 11 is 0. The molecule has 9 heteroatoms. The van der Waals surface area contributed by atoms with Crippen molar-refractivity contribution in [2.75, 3.05) is 55.4 Å². The van der Waals surface area contributed by atoms with Crippen LogP contribution in [0, 0.1) is 0 Å². The summed E-state index contributed by atoms with van der Waals surface area (Å²) in [5.41, 5.74) is -1.07. The maximum absolute atomic E-state index is 12.5. The van der Waals surface area contributed by atoms with Crippen LogP contribution in [0.5, 0.6) is 0 Å². The van der Waals surface area contributed by atoms with Gasteiger partial charge in [0.15, 0.2) is 0 Å². The Morgan fingerprint density at radius 2 is 0.607 bits per heavy atom. The highest BCUT2D eigenvalue weighted by molar-refractivity contribution is 7.91. The molecule has 0 amide bonds. The molecular formula is C52H92N2O6S. The third kappa shape index (κ3) is 32.6. The van der Waals surface area contributed by atoms with E-state index in [2.05, 4.69) is 56.1 Å². The number of carbonyl (C=O) groups is 2. The summed E-state index contributed by atoms with van der Waals surface area (Å²) in [5, 5.41) is 22.0. The standard InChI is InChI=1S/2C19H42N.C14H10O6S/c2*1-5-6-7-8-9-10-11-12-13-14-15-16-17-18-19-20(2,3)4;15-13(16)9-5-1-3-7-11(9)21(19,20)12-8-4-2-6-10(12)14(17)18/h2*5-19H2,1-4H3;1-8H,(H,15,16)(H,17,18)/q2*+1;/p-2. The largest absolute Gasteiger partial charge is 0.545 e. The van der Waals surface area contributed by atoms with Crippen LogP contribution in [0.3, 0.4) is 0 Å². The van der Waals surface area contributed by atoms with Crippen molar-refractivity contribution in [3.63, 3.8) is 0 Å². The van der Waals surface area contributed by atoms with Crippen LogP contribution >= 0.6 is 0 Å². The summed E-state index contributed by atoms with van der Waals surface area (Å²) in [6.07, 6.45) is 40.7. The lowest BCUT2D eigenvalue weighted by molar-refractivity contribution is -0.870. The van der Waals surface area contributed by atoms with Gasteiger partial charge < -0.3 is 28.8 Å². The second-order valence-electron chi connectivity index (χ2n) is 19.3. The summed E-state index contributed by atoms with van der Waals surface area (Å²) in [6, 6.07) is 9.65. The number of aromatic carboxylic acids is 2. The van der Waals surface area contributed by atoms with E-state index in [-0.39, 0.29) is 0 Å². The van der Waals surface area contributed by atoms with Crippen LogP contribution < -0.4 is 10.2 Å². The Hall–Kier alpha value is -2.75. The van der Waals surface area contributed by atoms with Gasteiger partial charge in [0.2, 0.25) is 9.84 Å². The Balaban J connectivity index is 0.000000886. The van der Waals surface area contributed by atoms with Crippen LogP contribution in [0.2, 0.25) is 0 Å². The molecule has 0 saturated carbocycles. The van der Waals surface area contributed by atoms with E-state index in [0.29, 0.717) is 0 Å². The number of carboxylic acid groups (broad SMARTS) is 2. The highest BCUT2D eigenvalue weighted by Crippen LogP contribution is 2.26. The van der Waals surface area contributed by atoms with Gasteiger partial charge in [0, 0.05) is 11.1 Å². The monoisotopic (exact) mass is 873 g/mol. The summed E-state index contributed by atoms with van der Waals surface area (Å²) in [5.74, 6) is -3.33. The van der Waals surface area contributed by atoms with Crippen LogP contribution in [0.15, 0.2) is 58.3 Å². The van der Waals surface area contributed by atoms with E-state index < -0.39 is 42.7 Å². The fraction of sp³-hybridized carbons (Fsp3) is 0.731. The van der Waals surface area contributed by atoms with Crippen LogP contribution in [-0.2, 0) is 9.84 Å². The van der Waals surface area contributed by atoms with E-state index in [1.165, 1.54) is 217 Å². The Morgan fingerprint density at radius 3 is 0.820 bits per heavy atom. The lowest BCUT2D eigenvalue weighted by Crippen LogP contribution is -2.35. The van der Waals surface area contributed by atoms with Gasteiger partial charge in [-0.25, -0.2) is 8.42 Å². The molecule has 352 valence electrons. The van der Waals surface area contributed by atoms with Crippen molar-refractivity contribution in [2.24, 2.45) is 0 Å². The second kappa shape index (κ2) is 35.7. The van der Waals surface area contributed by atoms with Crippen LogP contribution in [0.1, 0.15) is 214 Å². The van der Waals surface area contributed by atoms with Gasteiger partial charge in [-0.05, 0) is 37.8 Å². The van der Waals surface area contributed by atoms with Crippen molar-refractivity contribution in [3.05, 3.63) is 59.7 Å². The summed E-state index contributed by atoms with van der Waals surface area (Å²) in [7, 11) is 9.43. The molecule has 0 aliphatic carbocycles. The molecule has 0 bridgehead atoms. The Labute approximate surface area is 376 Å². The fourth-order valence-electron chi connectivity index (χ4n) is 7.42. The molecule has 0 spiro atoms. The first-order valence-corrected chi connectivity index (χ1v) is 25.9. The molecule has 0 aliphatic rings. The number of carboxylic acids is 2. The molecule has 2 aromatic carbocycles. The molecule has 0 heterocycles. The van der Waals surface area contributed by atoms with Crippen molar-refractivity contribution in [3.8, 4) is 0 Å². The van der Waals surface area contributed by atoms with Gasteiger partial charge in [-0.2, -0.15) is 0 Å². The minimum atomic E-state index is -4.33. The zero-order chi connectivity index (χ0) is 45.8. The summed E-state index contributed by atoms with van der Waals surface area (Å²) < 4.78 is 27.3. The van der Waals surface area contributed by atoms with E-state index in [9.17, 15) is 28.2 Å². The number of nitrogens with zero attached hydrogens (tertiary/aromatic N) is 2. The average Bonchev–Trinajstić information content (AvgIpc) is 3.20. The van der Waals surface area contributed by atoms with E-state index in [1.54, 1.807) is 0 Å². The molecule has 0 fully saturated rings. The van der Waals surface area contributed by atoms with Gasteiger partial charge in [0.1, 0.15) is 0 Å². The second-order valence-corrected chi connectivity index (χ2v) is 21.2. The number of sulfone groups is 1. The molecule has 8 nitrogen and oxygen atoms in total. The lowest BCUT2D eigenvalue weighted by Gasteiger charge is -2.23. The van der Waals surface area contributed by atoms with Crippen molar-refractivity contribution >= 4 is 21.8 Å². The van der Waals surface area contributed by atoms with Crippen LogP contribution in [-0.4, -0.2) is 84.7 Å². The van der Waals surface area contributed by atoms with E-state index in [0.717, 1.165) is 33.2 Å². The normalized spacial score (nSPS) is 11.7. The predicted molar refractivity (Wildman–Crippen MR) is 253 cm³/mol. The van der Waals surface area contributed by atoms with Crippen molar-refractivity contribution in [1.29, 1.82) is 0 Å². The smallest absolute Gasteiger partial charge is 0.207 e. The molecular weight excluding hydrogens is 781 g/mol. The van der Waals surface area contributed by atoms with Gasteiger partial charge in [-0.15, -0.1) is 0 Å². The average molecular weight is 873 g/mol. The fourth-order valence-corrected chi connectivity index (χ4v) is 9.05. The van der Waals surface area contributed by atoms with Crippen molar-refractivity contribution < 1.29 is 37.2 Å².